The zero-order chi connectivity index (χ0) is 14.7. The maximum Gasteiger partial charge on any atom is 0.371 e. The molecule has 0 saturated heterocycles. The lowest BCUT2D eigenvalue weighted by Gasteiger charge is -2.25. The van der Waals surface area contributed by atoms with Crippen molar-refractivity contribution in [3.05, 3.63) is 45.5 Å². The van der Waals surface area contributed by atoms with Crippen LogP contribution >= 0.6 is 11.3 Å². The lowest BCUT2D eigenvalue weighted by atomic mass is 10.2. The molecule has 2 heterocycles. The SMILES string of the molecule is Cc1oc(C(=O)O)cc1CN(Cc1cccs1)C(C)C. The molecule has 108 valence electrons. The molecule has 2 aromatic rings. The fourth-order valence-corrected chi connectivity index (χ4v) is 2.75. The number of hydrogen-bond donors (Lipinski definition) is 1. The molecule has 0 aliphatic carbocycles. The Morgan fingerprint density at radius 3 is 2.70 bits per heavy atom. The minimum atomic E-state index is -1.02. The van der Waals surface area contributed by atoms with Crippen molar-refractivity contribution in [1.29, 1.82) is 0 Å². The Morgan fingerprint density at radius 1 is 1.45 bits per heavy atom. The zero-order valence-electron chi connectivity index (χ0n) is 11.9. The van der Waals surface area contributed by atoms with Crippen LogP contribution in [0.3, 0.4) is 0 Å². The first-order valence-corrected chi connectivity index (χ1v) is 7.44. The maximum atomic E-state index is 10.9. The third-order valence-corrected chi connectivity index (χ3v) is 4.14. The summed E-state index contributed by atoms with van der Waals surface area (Å²) < 4.78 is 5.27. The van der Waals surface area contributed by atoms with Gasteiger partial charge in [-0.1, -0.05) is 6.07 Å². The van der Waals surface area contributed by atoms with Crippen molar-refractivity contribution < 1.29 is 14.3 Å². The van der Waals surface area contributed by atoms with E-state index in [4.69, 9.17) is 9.52 Å². The summed E-state index contributed by atoms with van der Waals surface area (Å²) in [6.45, 7) is 7.65. The average molecular weight is 293 g/mol. The molecule has 2 aromatic heterocycles. The minimum Gasteiger partial charge on any atom is -0.475 e. The molecule has 0 bridgehead atoms. The van der Waals surface area contributed by atoms with Crippen molar-refractivity contribution >= 4 is 17.3 Å². The van der Waals surface area contributed by atoms with E-state index in [9.17, 15) is 4.79 Å². The molecule has 0 saturated carbocycles. The van der Waals surface area contributed by atoms with Crippen molar-refractivity contribution in [2.24, 2.45) is 0 Å². The van der Waals surface area contributed by atoms with Gasteiger partial charge >= 0.3 is 5.97 Å². The number of aromatic carboxylic acids is 1. The molecule has 0 aromatic carbocycles. The van der Waals surface area contributed by atoms with Gasteiger partial charge < -0.3 is 9.52 Å². The summed E-state index contributed by atoms with van der Waals surface area (Å²) in [5.41, 5.74) is 0.938. The van der Waals surface area contributed by atoms with Crippen molar-refractivity contribution in [1.82, 2.24) is 4.90 Å². The highest BCUT2D eigenvalue weighted by atomic mass is 32.1. The van der Waals surface area contributed by atoms with Crippen LogP contribution in [0.15, 0.2) is 28.0 Å². The zero-order valence-corrected chi connectivity index (χ0v) is 12.7. The molecule has 4 nitrogen and oxygen atoms in total. The van der Waals surface area contributed by atoms with E-state index in [1.807, 2.05) is 13.0 Å². The Labute approximate surface area is 122 Å². The van der Waals surface area contributed by atoms with Gasteiger partial charge in [0.15, 0.2) is 0 Å². The van der Waals surface area contributed by atoms with Crippen molar-refractivity contribution in [3.8, 4) is 0 Å². The fourth-order valence-electron chi connectivity index (χ4n) is 2.02. The number of nitrogens with zero attached hydrogens (tertiary/aromatic N) is 1. The molecule has 5 heteroatoms. The molecule has 0 aliphatic heterocycles. The summed E-state index contributed by atoms with van der Waals surface area (Å²) in [4.78, 5) is 14.5. The molecule has 0 radical (unpaired) electrons. The van der Waals surface area contributed by atoms with E-state index in [1.165, 1.54) is 4.88 Å². The summed E-state index contributed by atoms with van der Waals surface area (Å²) in [7, 11) is 0. The number of rotatable bonds is 6. The summed E-state index contributed by atoms with van der Waals surface area (Å²) in [6, 6.07) is 6.16. The first-order chi connectivity index (χ1) is 9.47. The van der Waals surface area contributed by atoms with Gasteiger partial charge in [0, 0.05) is 29.6 Å². The molecule has 0 unspecified atom stereocenters. The Kier molecular flexibility index (Phi) is 4.62. The Hall–Kier alpha value is -1.59. The number of thiophene rings is 1. The van der Waals surface area contributed by atoms with Gasteiger partial charge in [-0.15, -0.1) is 11.3 Å². The third-order valence-electron chi connectivity index (χ3n) is 3.27. The van der Waals surface area contributed by atoms with Crippen LogP contribution in [-0.4, -0.2) is 22.0 Å². The van der Waals surface area contributed by atoms with Gasteiger partial charge in [0.25, 0.3) is 0 Å². The van der Waals surface area contributed by atoms with Crippen LogP contribution in [0.4, 0.5) is 0 Å². The van der Waals surface area contributed by atoms with E-state index in [0.717, 1.165) is 12.1 Å². The topological polar surface area (TPSA) is 53.7 Å². The summed E-state index contributed by atoms with van der Waals surface area (Å²) in [5, 5.41) is 11.0. The Bertz CT molecular complexity index is 572. The molecular weight excluding hydrogens is 274 g/mol. The largest absolute Gasteiger partial charge is 0.475 e. The van der Waals surface area contributed by atoms with E-state index in [-0.39, 0.29) is 5.76 Å². The fraction of sp³-hybridized carbons (Fsp3) is 0.400. The van der Waals surface area contributed by atoms with Crippen LogP contribution in [0.2, 0.25) is 0 Å². The Balaban J connectivity index is 2.13. The van der Waals surface area contributed by atoms with Gasteiger partial charge in [-0.25, -0.2) is 4.79 Å². The molecule has 20 heavy (non-hydrogen) atoms. The molecule has 0 amide bonds. The van der Waals surface area contributed by atoms with Crippen LogP contribution in [-0.2, 0) is 13.1 Å². The number of carboxylic acids is 1. The monoisotopic (exact) mass is 293 g/mol. The van der Waals surface area contributed by atoms with Crippen LogP contribution in [0, 0.1) is 6.92 Å². The van der Waals surface area contributed by atoms with Crippen molar-refractivity contribution in [2.45, 2.75) is 39.9 Å². The first-order valence-electron chi connectivity index (χ1n) is 6.56. The van der Waals surface area contributed by atoms with Gasteiger partial charge in [-0.2, -0.15) is 0 Å². The second kappa shape index (κ2) is 6.24. The van der Waals surface area contributed by atoms with Gasteiger partial charge in [0.1, 0.15) is 5.76 Å². The van der Waals surface area contributed by atoms with Crippen LogP contribution < -0.4 is 0 Å². The van der Waals surface area contributed by atoms with Crippen molar-refractivity contribution in [3.63, 3.8) is 0 Å². The maximum absolute atomic E-state index is 10.9. The summed E-state index contributed by atoms with van der Waals surface area (Å²) in [5.74, 6) is -0.328. The predicted octanol–water partition coefficient (Wildman–Crippen LogP) is 3.76. The average Bonchev–Trinajstić information content (AvgIpc) is 2.99. The van der Waals surface area contributed by atoms with Gasteiger partial charge in [-0.3, -0.25) is 4.90 Å². The van der Waals surface area contributed by atoms with Crippen molar-refractivity contribution in [2.75, 3.05) is 0 Å². The minimum absolute atomic E-state index is 0.0114. The van der Waals surface area contributed by atoms with E-state index in [2.05, 4.69) is 30.2 Å². The molecule has 0 atom stereocenters. The number of carboxylic acid groups (broad SMARTS) is 1. The van der Waals surface area contributed by atoms with E-state index in [1.54, 1.807) is 17.4 Å². The van der Waals surface area contributed by atoms with E-state index >= 15 is 0 Å². The van der Waals surface area contributed by atoms with E-state index in [0.29, 0.717) is 18.3 Å². The quantitative estimate of drug-likeness (QED) is 0.881. The van der Waals surface area contributed by atoms with Crippen LogP contribution in [0.25, 0.3) is 0 Å². The van der Waals surface area contributed by atoms with Crippen LogP contribution in [0.5, 0.6) is 0 Å². The molecule has 0 aliphatic rings. The summed E-state index contributed by atoms with van der Waals surface area (Å²) >= 11 is 1.73. The van der Waals surface area contributed by atoms with Gasteiger partial charge in [-0.05, 0) is 38.3 Å². The smallest absolute Gasteiger partial charge is 0.371 e. The highest BCUT2D eigenvalue weighted by Gasteiger charge is 2.17. The normalized spacial score (nSPS) is 11.4. The lowest BCUT2D eigenvalue weighted by Crippen LogP contribution is -2.29. The van der Waals surface area contributed by atoms with Crippen LogP contribution in [0.1, 0.15) is 40.6 Å². The second-order valence-electron chi connectivity index (χ2n) is 5.08. The second-order valence-corrected chi connectivity index (χ2v) is 6.11. The number of hydrogen-bond acceptors (Lipinski definition) is 4. The number of aryl methyl sites for hydroxylation is 1. The molecular formula is C15H19NO3S. The third kappa shape index (κ3) is 3.49. The molecule has 0 fully saturated rings. The predicted molar refractivity (Wildman–Crippen MR) is 79.1 cm³/mol. The lowest BCUT2D eigenvalue weighted by molar-refractivity contribution is 0.0661. The molecule has 0 spiro atoms. The number of furan rings is 1. The number of carbonyl (C=O) groups is 1. The van der Waals surface area contributed by atoms with Gasteiger partial charge in [0.05, 0.1) is 0 Å². The van der Waals surface area contributed by atoms with Gasteiger partial charge in [0.2, 0.25) is 5.76 Å². The standard InChI is InChI=1S/C15H19NO3S/c1-10(2)16(9-13-5-4-6-20-13)8-12-7-14(15(17)18)19-11(12)3/h4-7,10H,8-9H2,1-3H3,(H,17,18). The molecule has 2 rings (SSSR count). The first kappa shape index (κ1) is 14.8. The summed E-state index contributed by atoms with van der Waals surface area (Å²) in [6.07, 6.45) is 0. The highest BCUT2D eigenvalue weighted by Crippen LogP contribution is 2.21. The highest BCUT2D eigenvalue weighted by molar-refractivity contribution is 7.09. The van der Waals surface area contributed by atoms with E-state index < -0.39 is 5.97 Å². The molecule has 1 N–H and O–H groups in total. The Morgan fingerprint density at radius 2 is 2.20 bits per heavy atom.